The Morgan fingerprint density at radius 1 is 0.900 bits per heavy atom. The van der Waals surface area contributed by atoms with Crippen LogP contribution >= 0.6 is 0 Å². The first-order valence-electron chi connectivity index (χ1n) is 14.0. The number of hydrogen-bond donors (Lipinski definition) is 2. The Hall–Kier alpha value is -3.94. The van der Waals surface area contributed by atoms with E-state index in [9.17, 15) is 8.78 Å². The summed E-state index contributed by atoms with van der Waals surface area (Å²) >= 11 is 0. The summed E-state index contributed by atoms with van der Waals surface area (Å²) in [6, 6.07) is 23.1. The van der Waals surface area contributed by atoms with Crippen LogP contribution in [-0.2, 0) is 25.8 Å². The molecule has 40 heavy (non-hydrogen) atoms. The van der Waals surface area contributed by atoms with Crippen molar-refractivity contribution in [1.82, 2.24) is 25.2 Å². The molecule has 2 N–H and O–H groups in total. The molecule has 0 aliphatic carbocycles. The van der Waals surface area contributed by atoms with E-state index in [0.29, 0.717) is 24.4 Å². The molecule has 1 atom stereocenters. The standard InChI is InChI=1S/C33H33F2N5/c34-27-16-23(17-28(35)19-27)5-4-10-33-37-12-11-31(39-33)25-7-3-6-24(15-25)21-40-14-13-36-29(22-40)18-26-20-38-32-9-2-1-8-30(26)32/h1-3,6-9,11-12,15-17,19-20,29,36,38H,4-5,10,13-14,18,21-22H2/t29-/m0/s1. The summed E-state index contributed by atoms with van der Waals surface area (Å²) in [5.41, 5.74) is 6.42. The maximum absolute atomic E-state index is 13.5. The zero-order valence-corrected chi connectivity index (χ0v) is 22.4. The van der Waals surface area contributed by atoms with Gasteiger partial charge in [0.2, 0.25) is 0 Å². The van der Waals surface area contributed by atoms with Crippen LogP contribution in [0.25, 0.3) is 22.2 Å². The minimum absolute atomic E-state index is 0.407. The fraction of sp³-hybridized carbons (Fsp3) is 0.273. The van der Waals surface area contributed by atoms with Crippen LogP contribution in [0.15, 0.2) is 85.2 Å². The van der Waals surface area contributed by atoms with Crippen molar-refractivity contribution < 1.29 is 8.78 Å². The van der Waals surface area contributed by atoms with Crippen molar-refractivity contribution in [3.05, 3.63) is 119 Å². The van der Waals surface area contributed by atoms with E-state index in [0.717, 1.165) is 62.2 Å². The number of para-hydroxylation sites is 1. The van der Waals surface area contributed by atoms with Gasteiger partial charge in [-0.1, -0.05) is 36.4 Å². The molecule has 0 bridgehead atoms. The Morgan fingerprint density at radius 3 is 2.67 bits per heavy atom. The zero-order valence-electron chi connectivity index (χ0n) is 22.4. The summed E-state index contributed by atoms with van der Waals surface area (Å²) in [7, 11) is 0. The number of aromatic amines is 1. The van der Waals surface area contributed by atoms with Crippen LogP contribution in [0.2, 0.25) is 0 Å². The predicted molar refractivity (Wildman–Crippen MR) is 155 cm³/mol. The van der Waals surface area contributed by atoms with Crippen molar-refractivity contribution >= 4 is 10.9 Å². The molecule has 5 aromatic rings. The Bertz CT molecular complexity index is 1580. The number of nitrogens with one attached hydrogen (secondary N) is 2. The number of aromatic nitrogens is 3. The van der Waals surface area contributed by atoms with Gasteiger partial charge in [-0.05, 0) is 66.3 Å². The number of hydrogen-bond acceptors (Lipinski definition) is 4. The lowest BCUT2D eigenvalue weighted by Crippen LogP contribution is -2.51. The Morgan fingerprint density at radius 2 is 1.77 bits per heavy atom. The average Bonchev–Trinajstić information content (AvgIpc) is 3.36. The number of rotatable bonds is 9. The predicted octanol–water partition coefficient (Wildman–Crippen LogP) is 6.09. The minimum atomic E-state index is -0.543. The largest absolute Gasteiger partial charge is 0.361 e. The summed E-state index contributed by atoms with van der Waals surface area (Å²) in [4.78, 5) is 15.1. The Labute approximate surface area is 233 Å². The third-order valence-electron chi connectivity index (χ3n) is 7.60. The van der Waals surface area contributed by atoms with Gasteiger partial charge in [0.25, 0.3) is 0 Å². The molecule has 1 aliphatic rings. The second-order valence-corrected chi connectivity index (χ2v) is 10.6. The zero-order chi connectivity index (χ0) is 27.3. The van der Waals surface area contributed by atoms with Crippen LogP contribution in [0.3, 0.4) is 0 Å². The molecule has 6 rings (SSSR count). The molecular formula is C33H33F2N5. The molecule has 3 heterocycles. The van der Waals surface area contributed by atoms with Crippen molar-refractivity contribution in [3.8, 4) is 11.3 Å². The first kappa shape index (κ1) is 26.3. The SMILES string of the molecule is Fc1cc(F)cc(CCCc2nccc(-c3cccc(CN4CCN[C@@H](Cc5c[nH]c6ccccc56)C4)c3)n2)c1. The summed E-state index contributed by atoms with van der Waals surface area (Å²) < 4.78 is 26.9. The number of H-pyrrole nitrogens is 1. The summed E-state index contributed by atoms with van der Waals surface area (Å²) in [5.74, 6) is -0.348. The van der Waals surface area contributed by atoms with E-state index in [1.165, 1.54) is 34.2 Å². The van der Waals surface area contributed by atoms with E-state index in [1.54, 1.807) is 6.20 Å². The third-order valence-corrected chi connectivity index (χ3v) is 7.60. The Balaban J connectivity index is 1.07. The molecule has 0 amide bonds. The van der Waals surface area contributed by atoms with Gasteiger partial charge in [-0.2, -0.15) is 0 Å². The van der Waals surface area contributed by atoms with Gasteiger partial charge in [0.15, 0.2) is 0 Å². The normalized spacial score (nSPS) is 16.0. The second kappa shape index (κ2) is 12.1. The van der Waals surface area contributed by atoms with Crippen molar-refractivity contribution in [1.29, 1.82) is 0 Å². The molecule has 0 spiro atoms. The molecule has 3 aromatic carbocycles. The van der Waals surface area contributed by atoms with Crippen LogP contribution < -0.4 is 5.32 Å². The lowest BCUT2D eigenvalue weighted by atomic mass is 10.0. The highest BCUT2D eigenvalue weighted by atomic mass is 19.1. The minimum Gasteiger partial charge on any atom is -0.361 e. The Kier molecular flexibility index (Phi) is 7.93. The van der Waals surface area contributed by atoms with E-state index in [-0.39, 0.29) is 0 Å². The second-order valence-electron chi connectivity index (χ2n) is 10.6. The van der Waals surface area contributed by atoms with Gasteiger partial charge < -0.3 is 10.3 Å². The number of nitrogens with zero attached hydrogens (tertiary/aromatic N) is 3. The van der Waals surface area contributed by atoms with Gasteiger partial charge in [0, 0.05) is 73.6 Å². The average molecular weight is 538 g/mol. The lowest BCUT2D eigenvalue weighted by molar-refractivity contribution is 0.192. The number of piperazine rings is 1. The molecule has 0 unspecified atom stereocenters. The molecule has 1 fully saturated rings. The molecule has 2 aromatic heterocycles. The first-order chi connectivity index (χ1) is 19.6. The molecule has 0 radical (unpaired) electrons. The maximum Gasteiger partial charge on any atom is 0.128 e. The van der Waals surface area contributed by atoms with Crippen molar-refractivity contribution in [3.63, 3.8) is 0 Å². The molecule has 7 heteroatoms. The molecule has 1 saturated heterocycles. The van der Waals surface area contributed by atoms with E-state index in [1.807, 2.05) is 6.07 Å². The van der Waals surface area contributed by atoms with Gasteiger partial charge in [-0.3, -0.25) is 4.90 Å². The molecule has 5 nitrogen and oxygen atoms in total. The smallest absolute Gasteiger partial charge is 0.128 e. The number of fused-ring (bicyclic) bond motifs is 1. The van der Waals surface area contributed by atoms with Gasteiger partial charge in [-0.15, -0.1) is 0 Å². The number of benzene rings is 3. The first-order valence-corrected chi connectivity index (χ1v) is 14.0. The van der Waals surface area contributed by atoms with Crippen molar-refractivity contribution in [2.75, 3.05) is 19.6 Å². The van der Waals surface area contributed by atoms with Gasteiger partial charge in [0.05, 0.1) is 5.69 Å². The van der Waals surface area contributed by atoms with E-state index < -0.39 is 11.6 Å². The van der Waals surface area contributed by atoms with Crippen LogP contribution in [0.5, 0.6) is 0 Å². The summed E-state index contributed by atoms with van der Waals surface area (Å²) in [5, 5.41) is 5.01. The quantitative estimate of drug-likeness (QED) is 0.239. The van der Waals surface area contributed by atoms with Gasteiger partial charge in [-0.25, -0.2) is 18.7 Å². The van der Waals surface area contributed by atoms with Crippen LogP contribution in [0.1, 0.15) is 28.9 Å². The topological polar surface area (TPSA) is 56.8 Å². The van der Waals surface area contributed by atoms with Crippen molar-refractivity contribution in [2.24, 2.45) is 0 Å². The lowest BCUT2D eigenvalue weighted by Gasteiger charge is -2.34. The third kappa shape index (κ3) is 6.43. The monoisotopic (exact) mass is 537 g/mol. The molecule has 204 valence electrons. The van der Waals surface area contributed by atoms with Gasteiger partial charge >= 0.3 is 0 Å². The van der Waals surface area contributed by atoms with E-state index >= 15 is 0 Å². The maximum atomic E-state index is 13.5. The van der Waals surface area contributed by atoms with Gasteiger partial charge in [0.1, 0.15) is 17.5 Å². The van der Waals surface area contributed by atoms with Crippen molar-refractivity contribution in [2.45, 2.75) is 38.3 Å². The number of aryl methyl sites for hydroxylation is 2. The summed E-state index contributed by atoms with van der Waals surface area (Å²) in [6.07, 6.45) is 6.87. The number of halogens is 2. The molecule has 0 saturated carbocycles. The molecular weight excluding hydrogens is 504 g/mol. The fourth-order valence-corrected chi connectivity index (χ4v) is 5.71. The van der Waals surface area contributed by atoms with Crippen LogP contribution in [0, 0.1) is 11.6 Å². The highest BCUT2D eigenvalue weighted by Gasteiger charge is 2.21. The van der Waals surface area contributed by atoms with E-state index in [2.05, 4.69) is 74.9 Å². The molecule has 1 aliphatic heterocycles. The highest BCUT2D eigenvalue weighted by Crippen LogP contribution is 2.22. The van der Waals surface area contributed by atoms with Crippen LogP contribution in [-0.4, -0.2) is 45.5 Å². The van der Waals surface area contributed by atoms with E-state index in [4.69, 9.17) is 4.98 Å². The van der Waals surface area contributed by atoms with Crippen LogP contribution in [0.4, 0.5) is 8.78 Å². The highest BCUT2D eigenvalue weighted by molar-refractivity contribution is 5.83. The summed E-state index contributed by atoms with van der Waals surface area (Å²) in [6.45, 7) is 3.88. The fourth-order valence-electron chi connectivity index (χ4n) is 5.71.